The Hall–Kier alpha value is -2.04. The molecule has 6 heteroatoms. The second kappa shape index (κ2) is 10.3. The van der Waals surface area contributed by atoms with Gasteiger partial charge in [-0.1, -0.05) is 54.6 Å². The number of halogens is 2. The molecule has 0 radical (unpaired) electrons. The number of nitrogens with one attached hydrogen (secondary N) is 1. The molecule has 0 saturated carbocycles. The molecule has 1 aromatic heterocycles. The molecule has 3 aromatic rings. The van der Waals surface area contributed by atoms with Gasteiger partial charge in [0.25, 0.3) is 0 Å². The van der Waals surface area contributed by atoms with Gasteiger partial charge < -0.3 is 10.1 Å². The minimum absolute atomic E-state index is 0.561. The van der Waals surface area contributed by atoms with Crippen molar-refractivity contribution < 1.29 is 4.74 Å². The van der Waals surface area contributed by atoms with Crippen LogP contribution in [0.3, 0.4) is 0 Å². The van der Waals surface area contributed by atoms with Crippen LogP contribution in [-0.4, -0.2) is 23.1 Å². The smallest absolute Gasteiger partial charge is 0.137 e. The summed E-state index contributed by atoms with van der Waals surface area (Å²) in [6, 6.07) is 13.3. The number of para-hydroxylation sites is 1. The summed E-state index contributed by atoms with van der Waals surface area (Å²) < 4.78 is 5.70. The Morgan fingerprint density at radius 1 is 0.889 bits per heavy atom. The van der Waals surface area contributed by atoms with Crippen LogP contribution in [0.2, 0.25) is 10.0 Å². The lowest BCUT2D eigenvalue weighted by Crippen LogP contribution is -2.04. The summed E-state index contributed by atoms with van der Waals surface area (Å²) in [7, 11) is 0. The zero-order valence-corrected chi connectivity index (χ0v) is 16.6. The third kappa shape index (κ3) is 5.98. The maximum atomic E-state index is 6.09. The monoisotopic (exact) mass is 403 g/mol. The van der Waals surface area contributed by atoms with Gasteiger partial charge in [-0.25, -0.2) is 9.97 Å². The molecule has 0 aliphatic carbocycles. The number of benzene rings is 2. The number of unbranched alkanes of at least 4 members (excludes halogenated alkanes) is 4. The van der Waals surface area contributed by atoms with E-state index >= 15 is 0 Å². The topological polar surface area (TPSA) is 47.0 Å². The zero-order chi connectivity index (χ0) is 18.9. The average Bonchev–Trinajstić information content (AvgIpc) is 2.68. The van der Waals surface area contributed by atoms with Crippen molar-refractivity contribution >= 4 is 39.9 Å². The van der Waals surface area contributed by atoms with Gasteiger partial charge >= 0.3 is 0 Å². The Bertz CT molecular complexity index is 868. The third-order valence-corrected chi connectivity index (χ3v) is 4.84. The lowest BCUT2D eigenvalue weighted by Gasteiger charge is -2.09. The Balaban J connectivity index is 1.27. The van der Waals surface area contributed by atoms with E-state index in [9.17, 15) is 0 Å². The van der Waals surface area contributed by atoms with Crippen molar-refractivity contribution in [2.24, 2.45) is 0 Å². The highest BCUT2D eigenvalue weighted by atomic mass is 35.5. The van der Waals surface area contributed by atoms with Crippen LogP contribution in [0.5, 0.6) is 5.75 Å². The van der Waals surface area contributed by atoms with Gasteiger partial charge in [-0.2, -0.15) is 0 Å². The number of rotatable bonds is 10. The maximum Gasteiger partial charge on any atom is 0.137 e. The Morgan fingerprint density at radius 3 is 2.59 bits per heavy atom. The summed E-state index contributed by atoms with van der Waals surface area (Å²) in [4.78, 5) is 8.63. The van der Waals surface area contributed by atoms with Crippen molar-refractivity contribution in [3.8, 4) is 5.75 Å². The van der Waals surface area contributed by atoms with E-state index in [1.54, 1.807) is 18.5 Å². The molecule has 1 heterocycles. The molecule has 4 nitrogen and oxygen atoms in total. The maximum absolute atomic E-state index is 6.09. The van der Waals surface area contributed by atoms with Crippen molar-refractivity contribution in [2.45, 2.75) is 32.1 Å². The zero-order valence-electron chi connectivity index (χ0n) is 15.1. The average molecular weight is 404 g/mol. The van der Waals surface area contributed by atoms with Gasteiger partial charge in [-0.15, -0.1) is 0 Å². The number of nitrogens with zero attached hydrogens (tertiary/aromatic N) is 2. The fraction of sp³-hybridized carbons (Fsp3) is 0.333. The van der Waals surface area contributed by atoms with Crippen LogP contribution in [0.1, 0.15) is 32.1 Å². The summed E-state index contributed by atoms with van der Waals surface area (Å²) >= 11 is 12.0. The van der Waals surface area contributed by atoms with Crippen LogP contribution in [0, 0.1) is 0 Å². The molecule has 1 N–H and O–H groups in total. The SMILES string of the molecule is Clc1ccc(OCCCCCCCNc2ncnc3ccccc23)c(Cl)c1. The minimum atomic E-state index is 0.561. The first-order chi connectivity index (χ1) is 13.2. The first kappa shape index (κ1) is 19.7. The van der Waals surface area contributed by atoms with Crippen LogP contribution in [0.4, 0.5) is 5.82 Å². The van der Waals surface area contributed by atoms with E-state index < -0.39 is 0 Å². The molecule has 0 unspecified atom stereocenters. The number of hydrogen-bond acceptors (Lipinski definition) is 4. The molecule has 0 saturated heterocycles. The molecule has 3 rings (SSSR count). The molecule has 0 atom stereocenters. The Labute approximate surface area is 169 Å². The van der Waals surface area contributed by atoms with Gasteiger partial charge in [0.15, 0.2) is 0 Å². The molecular formula is C21H23Cl2N3O. The van der Waals surface area contributed by atoms with E-state index in [0.717, 1.165) is 42.5 Å². The van der Waals surface area contributed by atoms with Gasteiger partial charge in [-0.05, 0) is 43.2 Å². The van der Waals surface area contributed by atoms with Gasteiger partial charge in [0.1, 0.15) is 17.9 Å². The van der Waals surface area contributed by atoms with Crippen LogP contribution >= 0.6 is 23.2 Å². The molecule has 0 fully saturated rings. The fourth-order valence-corrected chi connectivity index (χ4v) is 3.35. The number of fused-ring (bicyclic) bond motifs is 1. The van der Waals surface area contributed by atoms with Gasteiger partial charge in [0.2, 0.25) is 0 Å². The molecule has 27 heavy (non-hydrogen) atoms. The lowest BCUT2D eigenvalue weighted by molar-refractivity contribution is 0.304. The second-order valence-corrected chi connectivity index (χ2v) is 7.20. The molecule has 142 valence electrons. The molecule has 0 amide bonds. The minimum Gasteiger partial charge on any atom is -0.492 e. The molecule has 0 aliphatic rings. The highest BCUT2D eigenvalue weighted by Crippen LogP contribution is 2.27. The summed E-state index contributed by atoms with van der Waals surface area (Å²) in [6.07, 6.45) is 7.24. The van der Waals surface area contributed by atoms with Gasteiger partial charge in [0.05, 0.1) is 17.1 Å². The van der Waals surface area contributed by atoms with Crippen LogP contribution in [0.25, 0.3) is 10.9 Å². The number of aromatic nitrogens is 2. The Morgan fingerprint density at radius 2 is 1.70 bits per heavy atom. The van der Waals surface area contributed by atoms with E-state index in [-0.39, 0.29) is 0 Å². The van der Waals surface area contributed by atoms with Crippen molar-refractivity contribution in [3.63, 3.8) is 0 Å². The first-order valence-electron chi connectivity index (χ1n) is 9.25. The Kier molecular flexibility index (Phi) is 7.55. The van der Waals surface area contributed by atoms with E-state index in [4.69, 9.17) is 27.9 Å². The normalized spacial score (nSPS) is 10.9. The highest BCUT2D eigenvalue weighted by Gasteiger charge is 2.03. The first-order valence-corrected chi connectivity index (χ1v) is 10.0. The molecule has 0 aliphatic heterocycles. The predicted octanol–water partition coefficient (Wildman–Crippen LogP) is 6.38. The quantitative estimate of drug-likeness (QED) is 0.399. The fourth-order valence-electron chi connectivity index (χ4n) is 2.88. The number of anilines is 1. The van der Waals surface area contributed by atoms with E-state index in [1.165, 1.54) is 12.8 Å². The van der Waals surface area contributed by atoms with E-state index in [1.807, 2.05) is 30.3 Å². The van der Waals surface area contributed by atoms with Crippen LogP contribution in [-0.2, 0) is 0 Å². The number of hydrogen-bond donors (Lipinski definition) is 1. The number of ether oxygens (including phenoxy) is 1. The lowest BCUT2D eigenvalue weighted by atomic mass is 10.1. The van der Waals surface area contributed by atoms with Gasteiger partial charge in [0, 0.05) is 17.0 Å². The summed E-state index contributed by atoms with van der Waals surface area (Å²) in [5.41, 5.74) is 0.968. The molecule has 2 aromatic carbocycles. The van der Waals surface area contributed by atoms with E-state index in [2.05, 4.69) is 15.3 Å². The van der Waals surface area contributed by atoms with Crippen LogP contribution in [0.15, 0.2) is 48.8 Å². The molecule has 0 bridgehead atoms. The van der Waals surface area contributed by atoms with Gasteiger partial charge in [-0.3, -0.25) is 0 Å². The highest BCUT2D eigenvalue weighted by molar-refractivity contribution is 6.35. The van der Waals surface area contributed by atoms with E-state index in [0.29, 0.717) is 22.4 Å². The summed E-state index contributed by atoms with van der Waals surface area (Å²) in [6.45, 7) is 1.59. The van der Waals surface area contributed by atoms with Crippen molar-refractivity contribution in [1.82, 2.24) is 9.97 Å². The predicted molar refractivity (Wildman–Crippen MR) is 113 cm³/mol. The third-order valence-electron chi connectivity index (χ3n) is 4.31. The van der Waals surface area contributed by atoms with Crippen molar-refractivity contribution in [3.05, 3.63) is 58.8 Å². The second-order valence-electron chi connectivity index (χ2n) is 6.36. The summed E-state index contributed by atoms with van der Waals surface area (Å²) in [5.74, 6) is 1.61. The summed E-state index contributed by atoms with van der Waals surface area (Å²) in [5, 5.41) is 5.67. The van der Waals surface area contributed by atoms with Crippen molar-refractivity contribution in [1.29, 1.82) is 0 Å². The molecular weight excluding hydrogens is 381 g/mol. The van der Waals surface area contributed by atoms with Crippen molar-refractivity contribution in [2.75, 3.05) is 18.5 Å². The molecule has 0 spiro atoms. The standard InChI is InChI=1S/C21H23Cl2N3O/c22-16-10-11-20(18(23)14-16)27-13-7-3-1-2-6-12-24-21-17-8-4-5-9-19(17)25-15-26-21/h4-5,8-11,14-15H,1-3,6-7,12-13H2,(H,24,25,26). The van der Waals surface area contributed by atoms with Crippen LogP contribution < -0.4 is 10.1 Å². The largest absolute Gasteiger partial charge is 0.492 e.